The van der Waals surface area contributed by atoms with E-state index in [-0.39, 0.29) is 10.9 Å². The number of hydrogen-bond acceptors (Lipinski definition) is 5. The summed E-state index contributed by atoms with van der Waals surface area (Å²) in [5, 5.41) is 0. The summed E-state index contributed by atoms with van der Waals surface area (Å²) in [5.74, 6) is 1.07. The van der Waals surface area contributed by atoms with Crippen LogP contribution in [0.5, 0.6) is 0 Å². The van der Waals surface area contributed by atoms with E-state index in [9.17, 15) is 12.8 Å². The fourth-order valence-electron chi connectivity index (χ4n) is 3.52. The Morgan fingerprint density at radius 2 is 1.93 bits per heavy atom. The van der Waals surface area contributed by atoms with Crippen molar-refractivity contribution in [3.05, 3.63) is 47.7 Å². The first-order chi connectivity index (χ1) is 12.8. The van der Waals surface area contributed by atoms with E-state index >= 15 is 0 Å². The van der Waals surface area contributed by atoms with Gasteiger partial charge in [-0.05, 0) is 51.3 Å². The van der Waals surface area contributed by atoms with Gasteiger partial charge >= 0.3 is 0 Å². The monoisotopic (exact) mass is 392 g/mol. The predicted octanol–water partition coefficient (Wildman–Crippen LogP) is 2.91. The molecule has 6 nitrogen and oxygen atoms in total. The van der Waals surface area contributed by atoms with Crippen molar-refractivity contribution in [1.82, 2.24) is 14.3 Å². The molecule has 1 saturated heterocycles. The molecule has 0 saturated carbocycles. The number of aryl methyl sites for hydroxylation is 2. The van der Waals surface area contributed by atoms with Crippen LogP contribution in [-0.4, -0.2) is 48.9 Å². The normalized spacial score (nSPS) is 18.6. The summed E-state index contributed by atoms with van der Waals surface area (Å²) in [4.78, 5) is 11.0. The van der Waals surface area contributed by atoms with Crippen LogP contribution in [0.1, 0.15) is 30.8 Å². The van der Waals surface area contributed by atoms with Crippen molar-refractivity contribution in [3.8, 4) is 0 Å². The number of benzene rings is 1. The molecule has 0 amide bonds. The van der Waals surface area contributed by atoms with Crippen molar-refractivity contribution in [2.75, 3.05) is 25.0 Å². The lowest BCUT2D eigenvalue weighted by atomic mass is 10.1. The molecule has 1 aromatic heterocycles. The molecule has 0 aliphatic carbocycles. The number of sulfonamides is 1. The molecule has 1 aliphatic rings. The van der Waals surface area contributed by atoms with Gasteiger partial charge < -0.3 is 4.90 Å². The van der Waals surface area contributed by atoms with Crippen LogP contribution in [0.3, 0.4) is 0 Å². The molecule has 3 rings (SSSR count). The van der Waals surface area contributed by atoms with Crippen LogP contribution in [0.4, 0.5) is 10.2 Å². The lowest BCUT2D eigenvalue weighted by Crippen LogP contribution is -2.38. The Morgan fingerprint density at radius 1 is 1.15 bits per heavy atom. The summed E-state index contributed by atoms with van der Waals surface area (Å²) in [5.41, 5.74) is 0.920. The zero-order chi connectivity index (χ0) is 19.6. The van der Waals surface area contributed by atoms with Crippen LogP contribution < -0.4 is 4.90 Å². The maximum atomic E-state index is 13.5. The fraction of sp³-hybridized carbons (Fsp3) is 0.474. The van der Waals surface area contributed by atoms with E-state index in [1.165, 1.54) is 22.5 Å². The van der Waals surface area contributed by atoms with E-state index in [0.717, 1.165) is 42.8 Å². The molecule has 2 heterocycles. The molecule has 146 valence electrons. The second-order valence-electron chi connectivity index (χ2n) is 6.97. The van der Waals surface area contributed by atoms with Crippen molar-refractivity contribution < 1.29 is 12.8 Å². The molecule has 1 fully saturated rings. The fourth-order valence-corrected chi connectivity index (χ4v) is 4.97. The van der Waals surface area contributed by atoms with Crippen molar-refractivity contribution in [2.45, 2.75) is 44.0 Å². The van der Waals surface area contributed by atoms with Gasteiger partial charge in [0.05, 0.1) is 4.90 Å². The van der Waals surface area contributed by atoms with E-state index in [4.69, 9.17) is 0 Å². The van der Waals surface area contributed by atoms with Gasteiger partial charge in [-0.25, -0.2) is 22.8 Å². The Bertz CT molecular complexity index is 899. The smallest absolute Gasteiger partial charge is 0.243 e. The summed E-state index contributed by atoms with van der Waals surface area (Å²) in [6.45, 7) is 5.35. The molecular weight excluding hydrogens is 367 g/mol. The average molecular weight is 393 g/mol. The van der Waals surface area contributed by atoms with Crippen LogP contribution in [0.2, 0.25) is 0 Å². The van der Waals surface area contributed by atoms with E-state index in [1.807, 2.05) is 19.9 Å². The van der Waals surface area contributed by atoms with Gasteiger partial charge in [-0.3, -0.25) is 0 Å². The molecule has 0 N–H and O–H groups in total. The Hall–Kier alpha value is -2.06. The number of aromatic nitrogens is 2. The first-order valence-corrected chi connectivity index (χ1v) is 10.5. The van der Waals surface area contributed by atoms with Crippen LogP contribution in [0.15, 0.2) is 35.2 Å². The topological polar surface area (TPSA) is 66.4 Å². The quantitative estimate of drug-likeness (QED) is 0.800. The third-order valence-corrected chi connectivity index (χ3v) is 6.87. The van der Waals surface area contributed by atoms with Crippen LogP contribution >= 0.6 is 0 Å². The first kappa shape index (κ1) is 19.7. The summed E-state index contributed by atoms with van der Waals surface area (Å²) >= 11 is 0. The number of anilines is 1. The van der Waals surface area contributed by atoms with Gasteiger partial charge in [-0.2, -0.15) is 4.31 Å². The largest absolute Gasteiger partial charge is 0.356 e. The van der Waals surface area contributed by atoms with E-state index in [0.29, 0.717) is 13.0 Å². The molecule has 27 heavy (non-hydrogen) atoms. The molecule has 2 aromatic rings. The van der Waals surface area contributed by atoms with Gasteiger partial charge in [0.1, 0.15) is 17.5 Å². The molecular formula is C19H25FN4O2S. The van der Waals surface area contributed by atoms with E-state index < -0.39 is 15.8 Å². The van der Waals surface area contributed by atoms with Crippen molar-refractivity contribution >= 4 is 15.8 Å². The van der Waals surface area contributed by atoms with E-state index in [1.54, 1.807) is 7.05 Å². The minimum absolute atomic E-state index is 0.00634. The van der Waals surface area contributed by atoms with Gasteiger partial charge in [0.2, 0.25) is 10.0 Å². The van der Waals surface area contributed by atoms with Gasteiger partial charge in [0, 0.05) is 37.9 Å². The second kappa shape index (κ2) is 7.90. The molecule has 1 atom stereocenters. The average Bonchev–Trinajstić information content (AvgIpc) is 2.86. The summed E-state index contributed by atoms with van der Waals surface area (Å²) in [6.07, 6.45) is 2.30. The summed E-state index contributed by atoms with van der Waals surface area (Å²) in [6, 6.07) is 7.00. The molecule has 1 aliphatic heterocycles. The number of hydrogen-bond donors (Lipinski definition) is 0. The SMILES string of the molecule is Cc1cc(N2CCC[C@@H](N(C)S(=O)(=O)c3cccc(F)c3)CC2)nc(C)n1. The number of nitrogens with zero attached hydrogens (tertiary/aromatic N) is 4. The highest BCUT2D eigenvalue weighted by Gasteiger charge is 2.30. The Kier molecular flexibility index (Phi) is 5.76. The minimum atomic E-state index is -3.72. The molecule has 0 spiro atoms. The zero-order valence-corrected chi connectivity index (χ0v) is 16.7. The van der Waals surface area contributed by atoms with Crippen LogP contribution in [-0.2, 0) is 10.0 Å². The molecule has 0 bridgehead atoms. The molecule has 0 radical (unpaired) electrons. The van der Waals surface area contributed by atoms with Gasteiger partial charge in [0.25, 0.3) is 0 Å². The Labute approximate surface area is 160 Å². The lowest BCUT2D eigenvalue weighted by molar-refractivity contribution is 0.342. The Balaban J connectivity index is 1.75. The van der Waals surface area contributed by atoms with E-state index in [2.05, 4.69) is 14.9 Å². The highest BCUT2D eigenvalue weighted by atomic mass is 32.2. The van der Waals surface area contributed by atoms with Crippen molar-refractivity contribution in [2.24, 2.45) is 0 Å². The van der Waals surface area contributed by atoms with Crippen LogP contribution in [0, 0.1) is 19.7 Å². The highest BCUT2D eigenvalue weighted by molar-refractivity contribution is 7.89. The predicted molar refractivity (Wildman–Crippen MR) is 103 cm³/mol. The van der Waals surface area contributed by atoms with Gasteiger partial charge in [0.15, 0.2) is 0 Å². The second-order valence-corrected chi connectivity index (χ2v) is 8.96. The number of rotatable bonds is 4. The molecule has 0 unspecified atom stereocenters. The maximum Gasteiger partial charge on any atom is 0.243 e. The number of halogens is 1. The third kappa shape index (κ3) is 4.44. The molecule has 8 heteroatoms. The third-order valence-electron chi connectivity index (χ3n) is 4.96. The summed E-state index contributed by atoms with van der Waals surface area (Å²) < 4.78 is 40.6. The lowest BCUT2D eigenvalue weighted by Gasteiger charge is -2.27. The van der Waals surface area contributed by atoms with Gasteiger partial charge in [-0.15, -0.1) is 0 Å². The van der Waals surface area contributed by atoms with Gasteiger partial charge in [-0.1, -0.05) is 6.07 Å². The zero-order valence-electron chi connectivity index (χ0n) is 15.9. The standard InChI is InChI=1S/C19H25FN4O2S/c1-14-12-19(22-15(2)21-14)24-10-5-7-17(9-11-24)23(3)27(25,26)18-8-4-6-16(20)13-18/h4,6,8,12-13,17H,5,7,9-11H2,1-3H3/t17-/m1/s1. The maximum absolute atomic E-state index is 13.5. The summed E-state index contributed by atoms with van der Waals surface area (Å²) in [7, 11) is -2.14. The van der Waals surface area contributed by atoms with Crippen molar-refractivity contribution in [1.29, 1.82) is 0 Å². The highest BCUT2D eigenvalue weighted by Crippen LogP contribution is 2.25. The molecule has 1 aromatic carbocycles. The minimum Gasteiger partial charge on any atom is -0.356 e. The Morgan fingerprint density at radius 3 is 2.63 bits per heavy atom. The van der Waals surface area contributed by atoms with Crippen LogP contribution in [0.25, 0.3) is 0 Å². The first-order valence-electron chi connectivity index (χ1n) is 9.08. The van der Waals surface area contributed by atoms with Crippen molar-refractivity contribution in [3.63, 3.8) is 0 Å².